The predicted molar refractivity (Wildman–Crippen MR) is 72.2 cm³/mol. The number of aromatic nitrogens is 1. The van der Waals surface area contributed by atoms with Gasteiger partial charge in [-0.15, -0.1) is 0 Å². The van der Waals surface area contributed by atoms with Crippen LogP contribution in [0.1, 0.15) is 32.2 Å². The molecule has 0 spiro atoms. The molecular weight excluding hydrogens is 320 g/mol. The van der Waals surface area contributed by atoms with Crippen LogP contribution >= 0.6 is 0 Å². The van der Waals surface area contributed by atoms with Gasteiger partial charge >= 0.3 is 12.3 Å². The number of alkyl halides is 4. The number of likely N-dealkylation sites (tertiary alicyclic amines) is 1. The van der Waals surface area contributed by atoms with Gasteiger partial charge in [0, 0.05) is 6.07 Å². The number of hydrogen-bond donors (Lipinski definition) is 0. The number of amides is 1. The number of ether oxygens (including phenoxy) is 1. The summed E-state index contributed by atoms with van der Waals surface area (Å²) in [6.45, 7) is 4.60. The average molecular weight is 336 g/mol. The highest BCUT2D eigenvalue weighted by atomic mass is 19.4. The van der Waals surface area contributed by atoms with E-state index in [-0.39, 0.29) is 18.8 Å². The number of halogens is 4. The molecule has 128 valence electrons. The molecule has 0 unspecified atom stereocenters. The first kappa shape index (κ1) is 17.3. The van der Waals surface area contributed by atoms with Crippen LogP contribution in [0.3, 0.4) is 0 Å². The lowest BCUT2D eigenvalue weighted by molar-refractivity contribution is -0.155. The summed E-state index contributed by atoms with van der Waals surface area (Å²) in [5.41, 5.74) is -2.66. The van der Waals surface area contributed by atoms with Gasteiger partial charge < -0.3 is 14.2 Å². The second kappa shape index (κ2) is 5.54. The van der Waals surface area contributed by atoms with Crippen LogP contribution in [0.4, 0.5) is 22.4 Å². The second-order valence-electron chi connectivity index (χ2n) is 6.32. The van der Waals surface area contributed by atoms with Crippen molar-refractivity contribution >= 4 is 12.2 Å². The molecule has 2 heterocycles. The molecule has 0 bridgehead atoms. The molecule has 1 fully saturated rings. The molecule has 5 nitrogen and oxygen atoms in total. The van der Waals surface area contributed by atoms with Crippen LogP contribution in [0, 0.1) is 0 Å². The Labute approximate surface area is 129 Å². The van der Waals surface area contributed by atoms with E-state index in [4.69, 9.17) is 4.74 Å². The molecular formula is C14H16F4N2O3. The van der Waals surface area contributed by atoms with Gasteiger partial charge in [0.05, 0.1) is 13.1 Å². The van der Waals surface area contributed by atoms with Crippen molar-refractivity contribution in [2.24, 2.45) is 0 Å². The SMILES string of the molecule is CC(C)(C)OC(=O)N1CC(F)(C=Cc2cc(C(F)(F)F)on2)C1. The fourth-order valence-corrected chi connectivity index (χ4v) is 1.89. The molecule has 23 heavy (non-hydrogen) atoms. The van der Waals surface area contributed by atoms with Crippen LogP contribution in [0.25, 0.3) is 6.08 Å². The Balaban J connectivity index is 1.92. The molecule has 1 aromatic rings. The van der Waals surface area contributed by atoms with Gasteiger partial charge in [-0.2, -0.15) is 13.2 Å². The lowest BCUT2D eigenvalue weighted by Gasteiger charge is -2.42. The van der Waals surface area contributed by atoms with E-state index in [0.717, 1.165) is 12.2 Å². The summed E-state index contributed by atoms with van der Waals surface area (Å²) in [6.07, 6.45) is -3.13. The largest absolute Gasteiger partial charge is 0.452 e. The fraction of sp³-hybridized carbons (Fsp3) is 0.571. The Bertz CT molecular complexity index is 610. The van der Waals surface area contributed by atoms with Crippen LogP contribution in [-0.2, 0) is 10.9 Å². The van der Waals surface area contributed by atoms with Gasteiger partial charge in [0.15, 0.2) is 5.67 Å². The normalized spacial score (nSPS) is 18.1. The first-order chi connectivity index (χ1) is 10.4. The van der Waals surface area contributed by atoms with Gasteiger partial charge in [-0.3, -0.25) is 0 Å². The van der Waals surface area contributed by atoms with Crippen LogP contribution in [0.15, 0.2) is 16.7 Å². The van der Waals surface area contributed by atoms with Gasteiger partial charge in [-0.1, -0.05) is 5.16 Å². The maximum absolute atomic E-state index is 14.3. The third-order valence-corrected chi connectivity index (χ3v) is 2.92. The van der Waals surface area contributed by atoms with E-state index < -0.39 is 29.3 Å². The standard InChI is InChI=1S/C14H16F4N2O3/c1-12(2,3)22-11(21)20-7-13(15,8-20)5-4-9-6-10(23-19-9)14(16,17)18/h4-6H,7-8H2,1-3H3. The number of rotatable bonds is 2. The summed E-state index contributed by atoms with van der Waals surface area (Å²) in [4.78, 5) is 12.8. The van der Waals surface area contributed by atoms with Crippen molar-refractivity contribution in [2.75, 3.05) is 13.1 Å². The van der Waals surface area contributed by atoms with Gasteiger partial charge in [0.1, 0.15) is 11.3 Å². The summed E-state index contributed by atoms with van der Waals surface area (Å²) >= 11 is 0. The van der Waals surface area contributed by atoms with Gasteiger partial charge in [-0.05, 0) is 32.9 Å². The third kappa shape index (κ3) is 4.46. The Morgan fingerprint density at radius 3 is 2.48 bits per heavy atom. The fourth-order valence-electron chi connectivity index (χ4n) is 1.89. The van der Waals surface area contributed by atoms with E-state index in [9.17, 15) is 22.4 Å². The molecule has 0 N–H and O–H groups in total. The maximum Gasteiger partial charge on any atom is 0.452 e. The minimum Gasteiger partial charge on any atom is -0.444 e. The number of carbonyl (C=O) groups excluding carboxylic acids is 1. The molecule has 1 amide bonds. The first-order valence-electron chi connectivity index (χ1n) is 6.78. The zero-order chi connectivity index (χ0) is 17.5. The molecule has 1 aliphatic rings. The van der Waals surface area contributed by atoms with E-state index in [1.807, 2.05) is 0 Å². The molecule has 1 saturated heterocycles. The quantitative estimate of drug-likeness (QED) is 0.774. The molecule has 0 aliphatic carbocycles. The number of carbonyl (C=O) groups is 1. The zero-order valence-corrected chi connectivity index (χ0v) is 12.8. The second-order valence-corrected chi connectivity index (χ2v) is 6.32. The topological polar surface area (TPSA) is 55.6 Å². The smallest absolute Gasteiger partial charge is 0.444 e. The highest BCUT2D eigenvalue weighted by Crippen LogP contribution is 2.31. The van der Waals surface area contributed by atoms with Gasteiger partial charge in [0.2, 0.25) is 5.76 Å². The lowest BCUT2D eigenvalue weighted by atomic mass is 9.96. The molecule has 9 heteroatoms. The van der Waals surface area contributed by atoms with Crippen molar-refractivity contribution in [1.82, 2.24) is 10.1 Å². The van der Waals surface area contributed by atoms with Crippen molar-refractivity contribution in [3.05, 3.63) is 23.6 Å². The van der Waals surface area contributed by atoms with E-state index in [2.05, 4.69) is 9.68 Å². The molecule has 1 aliphatic heterocycles. The van der Waals surface area contributed by atoms with Crippen LogP contribution < -0.4 is 0 Å². The summed E-state index contributed by atoms with van der Waals surface area (Å²) in [7, 11) is 0. The Morgan fingerprint density at radius 2 is 2.00 bits per heavy atom. The van der Waals surface area contributed by atoms with Crippen molar-refractivity contribution < 1.29 is 31.6 Å². The van der Waals surface area contributed by atoms with Crippen LogP contribution in [0.2, 0.25) is 0 Å². The molecule has 0 atom stereocenters. The van der Waals surface area contributed by atoms with Gasteiger partial charge in [0.25, 0.3) is 0 Å². The highest BCUT2D eigenvalue weighted by molar-refractivity contribution is 5.70. The average Bonchev–Trinajstić information content (AvgIpc) is 2.79. The van der Waals surface area contributed by atoms with Gasteiger partial charge in [-0.25, -0.2) is 9.18 Å². The monoisotopic (exact) mass is 336 g/mol. The predicted octanol–water partition coefficient (Wildman–Crippen LogP) is 3.67. The van der Waals surface area contributed by atoms with Crippen molar-refractivity contribution in [3.63, 3.8) is 0 Å². The minimum atomic E-state index is -4.64. The van der Waals surface area contributed by atoms with Crippen molar-refractivity contribution in [1.29, 1.82) is 0 Å². The van der Waals surface area contributed by atoms with E-state index in [1.165, 1.54) is 4.90 Å². The third-order valence-electron chi connectivity index (χ3n) is 2.92. The Hall–Kier alpha value is -2.06. The Kier molecular flexibility index (Phi) is 4.16. The molecule has 0 saturated carbocycles. The lowest BCUT2D eigenvalue weighted by Crippen LogP contribution is -2.60. The zero-order valence-electron chi connectivity index (χ0n) is 12.8. The number of hydrogen-bond acceptors (Lipinski definition) is 4. The van der Waals surface area contributed by atoms with Crippen molar-refractivity contribution in [2.45, 2.75) is 38.2 Å². The molecule has 0 radical (unpaired) electrons. The van der Waals surface area contributed by atoms with E-state index >= 15 is 0 Å². The summed E-state index contributed by atoms with van der Waals surface area (Å²) < 4.78 is 60.5. The molecule has 1 aromatic heterocycles. The number of nitrogens with zero attached hydrogens (tertiary/aromatic N) is 2. The first-order valence-corrected chi connectivity index (χ1v) is 6.78. The molecule has 2 rings (SSSR count). The minimum absolute atomic E-state index is 0.148. The summed E-state index contributed by atoms with van der Waals surface area (Å²) in [5, 5.41) is 3.19. The highest BCUT2D eigenvalue weighted by Gasteiger charge is 2.45. The Morgan fingerprint density at radius 1 is 1.39 bits per heavy atom. The summed E-state index contributed by atoms with van der Waals surface area (Å²) in [5.74, 6) is -1.26. The van der Waals surface area contributed by atoms with Crippen molar-refractivity contribution in [3.8, 4) is 0 Å². The molecule has 0 aromatic carbocycles. The van der Waals surface area contributed by atoms with E-state index in [1.54, 1.807) is 20.8 Å². The van der Waals surface area contributed by atoms with Crippen LogP contribution in [0.5, 0.6) is 0 Å². The maximum atomic E-state index is 14.3. The van der Waals surface area contributed by atoms with Crippen LogP contribution in [-0.4, -0.2) is 40.5 Å². The summed E-state index contributed by atoms with van der Waals surface area (Å²) in [6, 6.07) is 0.671. The van der Waals surface area contributed by atoms with E-state index in [0.29, 0.717) is 6.07 Å².